The van der Waals surface area contributed by atoms with Gasteiger partial charge in [-0.25, -0.2) is 4.79 Å². The molecule has 4 rings (SSSR count). The molecule has 0 aromatic heterocycles. The molecule has 1 saturated heterocycles. The van der Waals surface area contributed by atoms with Crippen LogP contribution < -0.4 is 20.7 Å². The smallest absolute Gasteiger partial charge is 0.417 e. The van der Waals surface area contributed by atoms with E-state index in [1.165, 1.54) is 6.07 Å². The number of likely N-dealkylation sites (tertiary alicyclic amines) is 1. The summed E-state index contributed by atoms with van der Waals surface area (Å²) in [5, 5.41) is 7.45. The first-order chi connectivity index (χ1) is 18.6. The van der Waals surface area contributed by atoms with Crippen molar-refractivity contribution in [1.29, 1.82) is 0 Å². The molecular weight excluding hydrogens is 533 g/mol. The van der Waals surface area contributed by atoms with Gasteiger partial charge in [0.15, 0.2) is 0 Å². The first-order valence-corrected chi connectivity index (χ1v) is 12.8. The monoisotopic (exact) mass is 560 g/mol. The number of rotatable bonds is 8. The Morgan fingerprint density at radius 1 is 1.00 bits per heavy atom. The van der Waals surface area contributed by atoms with Crippen LogP contribution in [0, 0.1) is 0 Å². The van der Waals surface area contributed by atoms with Gasteiger partial charge in [-0.2, -0.15) is 13.2 Å². The third-order valence-corrected chi connectivity index (χ3v) is 6.71. The van der Waals surface area contributed by atoms with Gasteiger partial charge >= 0.3 is 12.2 Å². The minimum Gasteiger partial charge on any atom is -0.457 e. The summed E-state index contributed by atoms with van der Waals surface area (Å²) in [6, 6.07) is 16.0. The van der Waals surface area contributed by atoms with Crippen LogP contribution in [0.25, 0.3) is 0 Å². The predicted molar refractivity (Wildman–Crippen MR) is 145 cm³/mol. The Balaban J connectivity index is 1.31. The number of halogens is 4. The molecule has 1 atom stereocenters. The van der Waals surface area contributed by atoms with Crippen LogP contribution >= 0.6 is 11.6 Å². The number of urea groups is 1. The van der Waals surface area contributed by atoms with Gasteiger partial charge in [-0.1, -0.05) is 24.6 Å². The van der Waals surface area contributed by atoms with Crippen LogP contribution in [0.3, 0.4) is 0 Å². The highest BCUT2D eigenvalue weighted by Crippen LogP contribution is 2.36. The molecule has 3 N–H and O–H groups in total. The minimum absolute atomic E-state index is 0.0565. The Bertz CT molecular complexity index is 1320. The second-order valence-corrected chi connectivity index (χ2v) is 9.47. The van der Waals surface area contributed by atoms with Gasteiger partial charge in [-0.15, -0.1) is 0 Å². The van der Waals surface area contributed by atoms with Gasteiger partial charge in [0.25, 0.3) is 5.91 Å². The topological polar surface area (TPSA) is 82.7 Å². The summed E-state index contributed by atoms with van der Waals surface area (Å²) < 4.78 is 45.0. The van der Waals surface area contributed by atoms with E-state index in [1.54, 1.807) is 48.5 Å². The average Bonchev–Trinajstić information content (AvgIpc) is 3.37. The number of amides is 3. The first-order valence-electron chi connectivity index (χ1n) is 12.5. The number of hydrogen-bond acceptors (Lipinski definition) is 4. The standard InChI is InChI=1S/C28H28ClF3N4O3/c1-2-36-14-4-6-21(36)17-33-26(37)18-5-3-7-23(15-18)39-22-11-8-19(9-12-22)34-27(38)35-20-10-13-25(29)24(16-20)28(30,31)32/h3,5,7-13,15-16,21H,2,4,6,14,17H2,1H3,(H,33,37)(H2,34,35,38). The van der Waals surface area contributed by atoms with Crippen molar-refractivity contribution in [3.8, 4) is 11.5 Å². The van der Waals surface area contributed by atoms with E-state index in [1.807, 2.05) is 0 Å². The van der Waals surface area contributed by atoms with E-state index in [-0.39, 0.29) is 11.6 Å². The number of nitrogens with zero attached hydrogens (tertiary/aromatic N) is 1. The van der Waals surface area contributed by atoms with Crippen molar-refractivity contribution in [2.45, 2.75) is 32.0 Å². The van der Waals surface area contributed by atoms with Gasteiger partial charge in [0, 0.05) is 29.5 Å². The summed E-state index contributed by atoms with van der Waals surface area (Å²) >= 11 is 5.61. The van der Waals surface area contributed by atoms with Gasteiger partial charge in [-0.05, 0) is 86.6 Å². The summed E-state index contributed by atoms with van der Waals surface area (Å²) in [5.74, 6) is 0.771. The van der Waals surface area contributed by atoms with Gasteiger partial charge < -0.3 is 20.7 Å². The van der Waals surface area contributed by atoms with Crippen LogP contribution in [0.1, 0.15) is 35.7 Å². The van der Waals surface area contributed by atoms with E-state index in [0.29, 0.717) is 35.3 Å². The maximum absolute atomic E-state index is 13.0. The number of ether oxygens (including phenoxy) is 1. The fraction of sp³-hybridized carbons (Fsp3) is 0.286. The third kappa shape index (κ3) is 7.64. The normalized spacial score (nSPS) is 15.6. The van der Waals surface area contributed by atoms with Crippen LogP contribution in [0.2, 0.25) is 5.02 Å². The fourth-order valence-corrected chi connectivity index (χ4v) is 4.64. The van der Waals surface area contributed by atoms with Crippen molar-refractivity contribution in [3.05, 3.63) is 82.9 Å². The van der Waals surface area contributed by atoms with E-state index >= 15 is 0 Å². The van der Waals surface area contributed by atoms with Crippen LogP contribution in [0.15, 0.2) is 66.7 Å². The first kappa shape index (κ1) is 28.3. The summed E-state index contributed by atoms with van der Waals surface area (Å²) in [4.78, 5) is 27.3. The number of anilines is 2. The summed E-state index contributed by atoms with van der Waals surface area (Å²) in [7, 11) is 0. The molecule has 3 aromatic carbocycles. The van der Waals surface area contributed by atoms with E-state index in [0.717, 1.165) is 38.1 Å². The number of alkyl halides is 3. The molecular formula is C28H28ClF3N4O3. The highest BCUT2D eigenvalue weighted by atomic mass is 35.5. The maximum atomic E-state index is 13.0. The molecule has 1 fully saturated rings. The third-order valence-electron chi connectivity index (χ3n) is 6.38. The number of carbonyl (C=O) groups excluding carboxylic acids is 2. The Morgan fingerprint density at radius 2 is 1.72 bits per heavy atom. The molecule has 0 radical (unpaired) electrons. The Hall–Kier alpha value is -3.76. The molecule has 11 heteroatoms. The number of hydrogen-bond donors (Lipinski definition) is 3. The zero-order chi connectivity index (χ0) is 28.0. The second-order valence-electron chi connectivity index (χ2n) is 9.06. The number of nitrogens with one attached hydrogen (secondary N) is 3. The van der Waals surface area contributed by atoms with Crippen molar-refractivity contribution in [2.75, 3.05) is 30.3 Å². The number of benzene rings is 3. The van der Waals surface area contributed by atoms with Crippen LogP contribution in [-0.2, 0) is 6.18 Å². The molecule has 0 saturated carbocycles. The molecule has 1 aliphatic heterocycles. The molecule has 39 heavy (non-hydrogen) atoms. The molecule has 0 spiro atoms. The molecule has 7 nitrogen and oxygen atoms in total. The lowest BCUT2D eigenvalue weighted by Gasteiger charge is -2.22. The number of likely N-dealkylation sites (N-methyl/N-ethyl adjacent to an activating group) is 1. The van der Waals surface area contributed by atoms with E-state index in [2.05, 4.69) is 27.8 Å². The molecule has 1 aliphatic rings. The average molecular weight is 561 g/mol. The van der Waals surface area contributed by atoms with Gasteiger partial charge in [0.05, 0.1) is 10.6 Å². The molecule has 3 amide bonds. The maximum Gasteiger partial charge on any atom is 0.417 e. The molecule has 3 aromatic rings. The fourth-order valence-electron chi connectivity index (χ4n) is 4.41. The van der Waals surface area contributed by atoms with Crippen LogP contribution in [0.5, 0.6) is 11.5 Å². The molecule has 0 bridgehead atoms. The lowest BCUT2D eigenvalue weighted by Crippen LogP contribution is -2.40. The highest BCUT2D eigenvalue weighted by Gasteiger charge is 2.33. The van der Waals surface area contributed by atoms with Gasteiger partial charge in [0.1, 0.15) is 11.5 Å². The summed E-state index contributed by atoms with van der Waals surface area (Å²) in [5.41, 5.74) is -0.216. The minimum atomic E-state index is -4.64. The molecule has 1 heterocycles. The lowest BCUT2D eigenvalue weighted by molar-refractivity contribution is -0.137. The van der Waals surface area contributed by atoms with Crippen molar-refractivity contribution in [2.24, 2.45) is 0 Å². The Labute approximate surface area is 229 Å². The van der Waals surface area contributed by atoms with Crippen molar-refractivity contribution in [1.82, 2.24) is 10.2 Å². The predicted octanol–water partition coefficient (Wildman–Crippen LogP) is 7.01. The highest BCUT2D eigenvalue weighted by molar-refractivity contribution is 6.31. The molecule has 0 aliphatic carbocycles. The molecule has 206 valence electrons. The van der Waals surface area contributed by atoms with Crippen molar-refractivity contribution >= 4 is 34.9 Å². The quantitative estimate of drug-likeness (QED) is 0.277. The zero-order valence-electron chi connectivity index (χ0n) is 21.1. The van der Waals surface area contributed by atoms with Crippen molar-refractivity contribution in [3.63, 3.8) is 0 Å². The van der Waals surface area contributed by atoms with Crippen LogP contribution in [-0.4, -0.2) is 42.5 Å². The van der Waals surface area contributed by atoms with E-state index in [4.69, 9.17) is 16.3 Å². The van der Waals surface area contributed by atoms with E-state index < -0.39 is 22.8 Å². The molecule has 1 unspecified atom stereocenters. The number of carbonyl (C=O) groups is 2. The van der Waals surface area contributed by atoms with Crippen LogP contribution in [0.4, 0.5) is 29.3 Å². The van der Waals surface area contributed by atoms with Gasteiger partial charge in [0.2, 0.25) is 0 Å². The van der Waals surface area contributed by atoms with E-state index in [9.17, 15) is 22.8 Å². The van der Waals surface area contributed by atoms with Gasteiger partial charge in [-0.3, -0.25) is 9.69 Å². The summed E-state index contributed by atoms with van der Waals surface area (Å²) in [6.45, 7) is 4.75. The summed E-state index contributed by atoms with van der Waals surface area (Å²) in [6.07, 6.45) is -2.43. The van der Waals surface area contributed by atoms with Crippen molar-refractivity contribution < 1.29 is 27.5 Å². The Morgan fingerprint density at radius 3 is 2.44 bits per heavy atom. The second kappa shape index (κ2) is 12.4. The largest absolute Gasteiger partial charge is 0.457 e. The lowest BCUT2D eigenvalue weighted by atomic mass is 10.1. The SMILES string of the molecule is CCN1CCCC1CNC(=O)c1cccc(Oc2ccc(NC(=O)Nc3ccc(Cl)c(C(F)(F)F)c3)cc2)c1. The zero-order valence-corrected chi connectivity index (χ0v) is 21.9. The Kier molecular flexibility index (Phi) is 8.98.